The molecule has 3 rings (SSSR count). The number of benzene rings is 1. The second-order valence-electron chi connectivity index (χ2n) is 7.37. The standard InChI is InChI=1S/C18H27NO2/c1-17(2,3)16-7-5-15(6-8-16)13-19-10-4-9-18(14-19)20-11-12-21-18/h5-8H,4,9-14H2,1-3H3. The van der Waals surface area contributed by atoms with Crippen LogP contribution in [0.25, 0.3) is 0 Å². The molecule has 1 aromatic carbocycles. The van der Waals surface area contributed by atoms with Crippen LogP contribution in [0, 0.1) is 0 Å². The van der Waals surface area contributed by atoms with Crippen molar-refractivity contribution in [2.24, 2.45) is 0 Å². The van der Waals surface area contributed by atoms with Gasteiger partial charge < -0.3 is 9.47 Å². The van der Waals surface area contributed by atoms with Gasteiger partial charge in [-0.2, -0.15) is 0 Å². The molecule has 116 valence electrons. The topological polar surface area (TPSA) is 21.7 Å². The molecule has 1 spiro atoms. The van der Waals surface area contributed by atoms with E-state index < -0.39 is 0 Å². The number of rotatable bonds is 2. The summed E-state index contributed by atoms with van der Waals surface area (Å²) in [6, 6.07) is 9.05. The SMILES string of the molecule is CC(C)(C)c1ccc(CN2CCCC3(C2)OCCO3)cc1. The van der Waals surface area contributed by atoms with Gasteiger partial charge in [-0.25, -0.2) is 0 Å². The van der Waals surface area contributed by atoms with E-state index in [1.54, 1.807) is 0 Å². The summed E-state index contributed by atoms with van der Waals surface area (Å²) in [5, 5.41) is 0. The van der Waals surface area contributed by atoms with Crippen LogP contribution in [0.5, 0.6) is 0 Å². The normalized spacial score (nSPS) is 22.8. The first-order valence-electron chi connectivity index (χ1n) is 8.07. The van der Waals surface area contributed by atoms with Crippen LogP contribution in [0.4, 0.5) is 0 Å². The van der Waals surface area contributed by atoms with Gasteiger partial charge in [0.1, 0.15) is 0 Å². The Morgan fingerprint density at radius 2 is 1.76 bits per heavy atom. The Hall–Kier alpha value is -0.900. The van der Waals surface area contributed by atoms with E-state index >= 15 is 0 Å². The molecule has 0 bridgehead atoms. The molecular formula is C18H27NO2. The van der Waals surface area contributed by atoms with Crippen LogP contribution in [0.15, 0.2) is 24.3 Å². The zero-order valence-electron chi connectivity index (χ0n) is 13.5. The van der Waals surface area contributed by atoms with Crippen molar-refractivity contribution in [3.8, 4) is 0 Å². The van der Waals surface area contributed by atoms with Gasteiger partial charge in [-0.3, -0.25) is 4.90 Å². The third-order valence-corrected chi connectivity index (χ3v) is 4.54. The van der Waals surface area contributed by atoms with Crippen molar-refractivity contribution >= 4 is 0 Å². The molecule has 2 saturated heterocycles. The fourth-order valence-electron chi connectivity index (χ4n) is 3.31. The third kappa shape index (κ3) is 3.47. The molecule has 1 aromatic rings. The summed E-state index contributed by atoms with van der Waals surface area (Å²) in [7, 11) is 0. The average Bonchev–Trinajstić information content (AvgIpc) is 2.86. The Balaban J connectivity index is 1.63. The lowest BCUT2D eigenvalue weighted by Crippen LogP contribution is -2.48. The highest BCUT2D eigenvalue weighted by atomic mass is 16.7. The van der Waals surface area contributed by atoms with Gasteiger partial charge in [0.2, 0.25) is 0 Å². The second kappa shape index (κ2) is 5.71. The van der Waals surface area contributed by atoms with Gasteiger partial charge in [-0.15, -0.1) is 0 Å². The minimum absolute atomic E-state index is 0.221. The molecule has 3 nitrogen and oxygen atoms in total. The van der Waals surface area contributed by atoms with Crippen molar-refractivity contribution in [3.63, 3.8) is 0 Å². The van der Waals surface area contributed by atoms with Crippen LogP contribution in [0.2, 0.25) is 0 Å². The molecule has 2 aliphatic heterocycles. The highest BCUT2D eigenvalue weighted by molar-refractivity contribution is 5.27. The van der Waals surface area contributed by atoms with Gasteiger partial charge in [0.15, 0.2) is 5.79 Å². The molecule has 0 unspecified atom stereocenters. The highest BCUT2D eigenvalue weighted by Gasteiger charge is 2.40. The van der Waals surface area contributed by atoms with Gasteiger partial charge in [-0.1, -0.05) is 45.0 Å². The molecule has 0 aliphatic carbocycles. The summed E-state index contributed by atoms with van der Waals surface area (Å²) in [4.78, 5) is 2.46. The van der Waals surface area contributed by atoms with E-state index in [0.717, 1.165) is 45.7 Å². The van der Waals surface area contributed by atoms with E-state index in [4.69, 9.17) is 9.47 Å². The van der Waals surface area contributed by atoms with E-state index in [2.05, 4.69) is 49.9 Å². The Morgan fingerprint density at radius 3 is 2.38 bits per heavy atom. The molecule has 0 atom stereocenters. The van der Waals surface area contributed by atoms with Crippen LogP contribution < -0.4 is 0 Å². The van der Waals surface area contributed by atoms with Gasteiger partial charge in [0.25, 0.3) is 0 Å². The lowest BCUT2D eigenvalue weighted by atomic mass is 9.86. The Kier molecular flexibility index (Phi) is 4.08. The number of likely N-dealkylation sites (tertiary alicyclic amines) is 1. The van der Waals surface area contributed by atoms with E-state index in [0.29, 0.717) is 0 Å². The van der Waals surface area contributed by atoms with Gasteiger partial charge in [0, 0.05) is 13.0 Å². The zero-order valence-corrected chi connectivity index (χ0v) is 13.5. The summed E-state index contributed by atoms with van der Waals surface area (Å²) in [6.07, 6.45) is 2.19. The number of hydrogen-bond acceptors (Lipinski definition) is 3. The Labute approximate surface area is 128 Å². The number of ether oxygens (including phenoxy) is 2. The van der Waals surface area contributed by atoms with E-state index in [9.17, 15) is 0 Å². The van der Waals surface area contributed by atoms with Crippen molar-refractivity contribution in [2.75, 3.05) is 26.3 Å². The molecule has 2 aliphatic rings. The van der Waals surface area contributed by atoms with Crippen molar-refractivity contribution < 1.29 is 9.47 Å². The fourth-order valence-corrected chi connectivity index (χ4v) is 3.31. The summed E-state index contributed by atoms with van der Waals surface area (Å²) >= 11 is 0. The molecule has 2 heterocycles. The van der Waals surface area contributed by atoms with Crippen molar-refractivity contribution in [3.05, 3.63) is 35.4 Å². The lowest BCUT2D eigenvalue weighted by Gasteiger charge is -2.38. The molecule has 0 radical (unpaired) electrons. The van der Waals surface area contributed by atoms with Crippen molar-refractivity contribution in [1.82, 2.24) is 4.90 Å². The minimum Gasteiger partial charge on any atom is -0.346 e. The second-order valence-corrected chi connectivity index (χ2v) is 7.37. The summed E-state index contributed by atoms with van der Waals surface area (Å²) < 4.78 is 11.7. The molecule has 0 amide bonds. The highest BCUT2D eigenvalue weighted by Crippen LogP contribution is 2.31. The number of piperidine rings is 1. The van der Waals surface area contributed by atoms with Gasteiger partial charge in [-0.05, 0) is 29.5 Å². The van der Waals surface area contributed by atoms with Gasteiger partial charge >= 0.3 is 0 Å². The smallest absolute Gasteiger partial charge is 0.181 e. The summed E-state index contributed by atoms with van der Waals surface area (Å²) in [5.74, 6) is -0.316. The van der Waals surface area contributed by atoms with Crippen molar-refractivity contribution in [1.29, 1.82) is 0 Å². The quantitative estimate of drug-likeness (QED) is 0.833. The lowest BCUT2D eigenvalue weighted by molar-refractivity contribution is -0.190. The molecule has 0 aromatic heterocycles. The molecule has 2 fully saturated rings. The first kappa shape index (κ1) is 15.0. The van der Waals surface area contributed by atoms with Crippen molar-refractivity contribution in [2.45, 2.75) is 51.4 Å². The molecule has 0 N–H and O–H groups in total. The largest absolute Gasteiger partial charge is 0.346 e. The van der Waals surface area contributed by atoms with E-state index in [1.165, 1.54) is 11.1 Å². The number of hydrogen-bond donors (Lipinski definition) is 0. The zero-order chi connectivity index (χ0) is 14.9. The molecular weight excluding hydrogens is 262 g/mol. The maximum atomic E-state index is 5.85. The van der Waals surface area contributed by atoms with Gasteiger partial charge in [0.05, 0.1) is 19.8 Å². The van der Waals surface area contributed by atoms with Crippen LogP contribution in [-0.4, -0.2) is 37.0 Å². The van der Waals surface area contributed by atoms with Crippen LogP contribution >= 0.6 is 0 Å². The fraction of sp³-hybridized carbons (Fsp3) is 0.667. The third-order valence-electron chi connectivity index (χ3n) is 4.54. The summed E-state index contributed by atoms with van der Waals surface area (Å²) in [5.41, 5.74) is 2.99. The van der Waals surface area contributed by atoms with Crippen LogP contribution in [0.1, 0.15) is 44.7 Å². The van der Waals surface area contributed by atoms with Crippen LogP contribution in [-0.2, 0) is 21.4 Å². The molecule has 0 saturated carbocycles. The number of nitrogens with zero attached hydrogens (tertiary/aromatic N) is 1. The van der Waals surface area contributed by atoms with E-state index in [-0.39, 0.29) is 11.2 Å². The monoisotopic (exact) mass is 289 g/mol. The predicted octanol–water partition coefficient (Wildman–Crippen LogP) is 3.32. The minimum atomic E-state index is -0.316. The molecule has 3 heteroatoms. The van der Waals surface area contributed by atoms with E-state index in [1.807, 2.05) is 0 Å². The first-order valence-corrected chi connectivity index (χ1v) is 8.07. The maximum Gasteiger partial charge on any atom is 0.181 e. The molecule has 21 heavy (non-hydrogen) atoms. The average molecular weight is 289 g/mol. The summed E-state index contributed by atoms with van der Waals surface area (Å²) in [6.45, 7) is 11.3. The Morgan fingerprint density at radius 1 is 1.10 bits per heavy atom. The Bertz CT molecular complexity index is 469. The van der Waals surface area contributed by atoms with Crippen LogP contribution in [0.3, 0.4) is 0 Å². The predicted molar refractivity (Wildman–Crippen MR) is 84.3 cm³/mol. The first-order chi connectivity index (χ1) is 9.97. The maximum absolute atomic E-state index is 5.85.